The molecule has 2 aromatic heterocycles. The lowest BCUT2D eigenvalue weighted by molar-refractivity contribution is 0.0933. The van der Waals surface area contributed by atoms with Gasteiger partial charge < -0.3 is 5.32 Å². The van der Waals surface area contributed by atoms with Gasteiger partial charge in [-0.1, -0.05) is 17.7 Å². The van der Waals surface area contributed by atoms with Crippen LogP contribution in [-0.2, 0) is 0 Å². The Kier molecular flexibility index (Phi) is 4.34. The summed E-state index contributed by atoms with van der Waals surface area (Å²) < 4.78 is 0. The molecule has 0 fully saturated rings. The average molecular weight is 328 g/mol. The zero-order valence-corrected chi connectivity index (χ0v) is 13.1. The van der Waals surface area contributed by atoms with Gasteiger partial charge in [0.1, 0.15) is 11.5 Å². The molecule has 3 rings (SSSR count). The lowest BCUT2D eigenvalue weighted by atomic mass is 10.2. The number of aromatic nitrogens is 4. The Bertz CT molecular complexity index is 801. The minimum atomic E-state index is -0.321. The minimum Gasteiger partial charge on any atom is -0.341 e. The number of nitrogens with one attached hydrogen (secondary N) is 2. The van der Waals surface area contributed by atoms with E-state index in [0.29, 0.717) is 22.4 Å². The Morgan fingerprint density at radius 3 is 2.70 bits per heavy atom. The van der Waals surface area contributed by atoms with Crippen molar-refractivity contribution in [1.82, 2.24) is 25.5 Å². The van der Waals surface area contributed by atoms with Gasteiger partial charge in [0.2, 0.25) is 0 Å². The monoisotopic (exact) mass is 327 g/mol. The smallest absolute Gasteiger partial charge is 0.270 e. The molecule has 0 aliphatic rings. The highest BCUT2D eigenvalue weighted by atomic mass is 35.5. The molecule has 23 heavy (non-hydrogen) atoms. The maximum atomic E-state index is 12.1. The van der Waals surface area contributed by atoms with Crippen LogP contribution in [-0.4, -0.2) is 26.1 Å². The molecule has 0 aliphatic carbocycles. The van der Waals surface area contributed by atoms with Crippen molar-refractivity contribution in [2.45, 2.75) is 13.0 Å². The number of H-pyrrole nitrogens is 1. The summed E-state index contributed by atoms with van der Waals surface area (Å²) in [5.74, 6) is 0.859. The van der Waals surface area contributed by atoms with Crippen molar-refractivity contribution in [2.75, 3.05) is 0 Å². The fraction of sp³-hybridized carbons (Fsp3) is 0.125. The van der Waals surface area contributed by atoms with Crippen LogP contribution < -0.4 is 5.32 Å². The molecule has 1 unspecified atom stereocenters. The Morgan fingerprint density at radius 2 is 2.00 bits per heavy atom. The van der Waals surface area contributed by atoms with Gasteiger partial charge in [-0.3, -0.25) is 14.9 Å². The molecule has 3 aromatic rings. The number of amides is 1. The van der Waals surface area contributed by atoms with E-state index in [-0.39, 0.29) is 11.9 Å². The van der Waals surface area contributed by atoms with Crippen LogP contribution in [0.3, 0.4) is 0 Å². The number of halogens is 1. The van der Waals surface area contributed by atoms with Crippen molar-refractivity contribution < 1.29 is 4.79 Å². The molecule has 2 heterocycles. The zero-order valence-electron chi connectivity index (χ0n) is 12.3. The highest BCUT2D eigenvalue weighted by Gasteiger charge is 2.16. The van der Waals surface area contributed by atoms with Crippen LogP contribution in [0.5, 0.6) is 0 Å². The Morgan fingerprint density at radius 1 is 1.22 bits per heavy atom. The number of hydrogen-bond donors (Lipinski definition) is 2. The summed E-state index contributed by atoms with van der Waals surface area (Å²) in [6.45, 7) is 1.83. The highest BCUT2D eigenvalue weighted by Crippen LogP contribution is 2.19. The summed E-state index contributed by atoms with van der Waals surface area (Å²) in [6, 6.07) is 12.1. The summed E-state index contributed by atoms with van der Waals surface area (Å²) in [5, 5.41) is 10.5. The molecule has 6 nitrogen and oxygen atoms in total. The number of pyridine rings is 1. The summed E-state index contributed by atoms with van der Waals surface area (Å²) >= 11 is 5.87. The van der Waals surface area contributed by atoms with Gasteiger partial charge in [0.05, 0.1) is 6.04 Å². The van der Waals surface area contributed by atoms with Crippen LogP contribution in [0.1, 0.15) is 29.3 Å². The SMILES string of the molecule is CC(NC(=O)c1ccccn1)c1nc(-c2ccc(Cl)cc2)n[nH]1. The lowest BCUT2D eigenvalue weighted by Gasteiger charge is -2.10. The number of rotatable bonds is 4. The average Bonchev–Trinajstić information content (AvgIpc) is 3.06. The summed E-state index contributed by atoms with van der Waals surface area (Å²) in [5.41, 5.74) is 1.21. The molecule has 7 heteroatoms. The minimum absolute atomic E-state index is 0.262. The highest BCUT2D eigenvalue weighted by molar-refractivity contribution is 6.30. The third kappa shape index (κ3) is 3.54. The van der Waals surface area contributed by atoms with Gasteiger partial charge in [0.15, 0.2) is 5.82 Å². The first-order chi connectivity index (χ1) is 11.1. The van der Waals surface area contributed by atoms with Gasteiger partial charge in [0.25, 0.3) is 5.91 Å². The normalized spacial score (nSPS) is 11.9. The Balaban J connectivity index is 1.72. The van der Waals surface area contributed by atoms with E-state index in [4.69, 9.17) is 11.6 Å². The Labute approximate surface area is 137 Å². The number of hydrogen-bond acceptors (Lipinski definition) is 4. The number of benzene rings is 1. The molecule has 2 N–H and O–H groups in total. The molecule has 0 bridgehead atoms. The first-order valence-corrected chi connectivity index (χ1v) is 7.41. The number of carbonyl (C=O) groups excluding carboxylic acids is 1. The van der Waals surface area contributed by atoms with Crippen molar-refractivity contribution in [3.05, 3.63) is 65.2 Å². The number of carbonyl (C=O) groups is 1. The molecule has 0 radical (unpaired) electrons. The summed E-state index contributed by atoms with van der Waals surface area (Å²) in [6.07, 6.45) is 1.58. The van der Waals surface area contributed by atoms with E-state index < -0.39 is 0 Å². The largest absolute Gasteiger partial charge is 0.341 e. The standard InChI is InChI=1S/C16H14ClN5O/c1-10(19-16(23)13-4-2-3-9-18-13)14-20-15(22-21-14)11-5-7-12(17)8-6-11/h2-10H,1H3,(H,19,23)(H,20,21,22). The summed E-state index contributed by atoms with van der Waals surface area (Å²) in [7, 11) is 0. The van der Waals surface area contributed by atoms with E-state index in [9.17, 15) is 4.79 Å². The van der Waals surface area contributed by atoms with E-state index in [1.807, 2.05) is 19.1 Å². The predicted molar refractivity (Wildman–Crippen MR) is 86.9 cm³/mol. The summed E-state index contributed by atoms with van der Waals surface area (Å²) in [4.78, 5) is 20.5. The molecule has 0 saturated heterocycles. The van der Waals surface area contributed by atoms with E-state index in [0.717, 1.165) is 5.56 Å². The van der Waals surface area contributed by atoms with Crippen LogP contribution >= 0.6 is 11.6 Å². The maximum absolute atomic E-state index is 12.1. The molecule has 0 aliphatic heterocycles. The lowest BCUT2D eigenvalue weighted by Crippen LogP contribution is -2.28. The molecule has 1 atom stereocenters. The van der Waals surface area contributed by atoms with Gasteiger partial charge in [-0.15, -0.1) is 0 Å². The van der Waals surface area contributed by atoms with Crippen molar-refractivity contribution in [3.8, 4) is 11.4 Å². The first kappa shape index (κ1) is 15.2. The van der Waals surface area contributed by atoms with Crippen LogP contribution in [0.25, 0.3) is 11.4 Å². The molecule has 0 spiro atoms. The second-order valence-electron chi connectivity index (χ2n) is 4.96. The van der Waals surface area contributed by atoms with Gasteiger partial charge in [-0.05, 0) is 43.3 Å². The molecular weight excluding hydrogens is 314 g/mol. The molecule has 0 saturated carbocycles. The van der Waals surface area contributed by atoms with E-state index in [1.165, 1.54) is 0 Å². The van der Waals surface area contributed by atoms with E-state index in [2.05, 4.69) is 25.5 Å². The van der Waals surface area contributed by atoms with Gasteiger partial charge in [-0.2, -0.15) is 5.10 Å². The molecule has 1 aromatic carbocycles. The maximum Gasteiger partial charge on any atom is 0.270 e. The van der Waals surface area contributed by atoms with Crippen LogP contribution in [0.4, 0.5) is 0 Å². The van der Waals surface area contributed by atoms with E-state index >= 15 is 0 Å². The second-order valence-corrected chi connectivity index (χ2v) is 5.40. The van der Waals surface area contributed by atoms with Crippen LogP contribution in [0.15, 0.2) is 48.7 Å². The number of nitrogens with zero attached hydrogens (tertiary/aromatic N) is 3. The third-order valence-electron chi connectivity index (χ3n) is 3.26. The number of aromatic amines is 1. The van der Waals surface area contributed by atoms with Gasteiger partial charge in [-0.25, -0.2) is 4.98 Å². The zero-order chi connectivity index (χ0) is 16.2. The predicted octanol–water partition coefficient (Wildman–Crippen LogP) is 3.01. The topological polar surface area (TPSA) is 83.6 Å². The van der Waals surface area contributed by atoms with Gasteiger partial charge >= 0.3 is 0 Å². The molecule has 1 amide bonds. The fourth-order valence-corrected chi connectivity index (χ4v) is 2.16. The van der Waals surface area contributed by atoms with Crippen molar-refractivity contribution in [1.29, 1.82) is 0 Å². The van der Waals surface area contributed by atoms with E-state index in [1.54, 1.807) is 36.5 Å². The van der Waals surface area contributed by atoms with Crippen molar-refractivity contribution in [3.63, 3.8) is 0 Å². The second kappa shape index (κ2) is 6.58. The fourth-order valence-electron chi connectivity index (χ4n) is 2.03. The Hall–Kier alpha value is -2.73. The van der Waals surface area contributed by atoms with Gasteiger partial charge in [0, 0.05) is 16.8 Å². The van der Waals surface area contributed by atoms with Crippen molar-refractivity contribution >= 4 is 17.5 Å². The molecule has 116 valence electrons. The van der Waals surface area contributed by atoms with Crippen molar-refractivity contribution in [2.24, 2.45) is 0 Å². The van der Waals surface area contributed by atoms with Crippen LogP contribution in [0, 0.1) is 0 Å². The molecular formula is C16H14ClN5O. The van der Waals surface area contributed by atoms with Crippen LogP contribution in [0.2, 0.25) is 5.02 Å². The quantitative estimate of drug-likeness (QED) is 0.771. The first-order valence-electron chi connectivity index (χ1n) is 7.03. The third-order valence-corrected chi connectivity index (χ3v) is 3.51.